The molecule has 0 unspecified atom stereocenters. The van der Waals surface area contributed by atoms with Crippen molar-refractivity contribution in [3.05, 3.63) is 29.6 Å². The van der Waals surface area contributed by atoms with Gasteiger partial charge in [-0.25, -0.2) is 14.0 Å². The molecule has 0 bridgehead atoms. The lowest BCUT2D eigenvalue weighted by Crippen LogP contribution is -2.53. The lowest BCUT2D eigenvalue weighted by atomic mass is 10.1. The predicted octanol–water partition coefficient (Wildman–Crippen LogP) is 2.11. The van der Waals surface area contributed by atoms with E-state index in [1.807, 2.05) is 0 Å². The highest BCUT2D eigenvalue weighted by Gasteiger charge is 2.31. The average Bonchev–Trinajstić information content (AvgIpc) is 2.44. The molecule has 8 heteroatoms. The second kappa shape index (κ2) is 6.46. The molecule has 1 heterocycles. The fourth-order valence-electron chi connectivity index (χ4n) is 2.28. The monoisotopic (exact) mass is 338 g/mol. The first-order valence-corrected chi connectivity index (χ1v) is 7.39. The fraction of sp³-hybridized carbons (Fsp3) is 0.438. The molecule has 1 aliphatic rings. The molecule has 24 heavy (non-hydrogen) atoms. The van der Waals surface area contributed by atoms with E-state index in [1.54, 1.807) is 20.8 Å². The zero-order valence-corrected chi connectivity index (χ0v) is 13.7. The molecule has 0 radical (unpaired) electrons. The molecule has 2 amide bonds. The van der Waals surface area contributed by atoms with Crippen LogP contribution in [0.4, 0.5) is 14.9 Å². The number of carboxylic acids is 1. The van der Waals surface area contributed by atoms with Crippen molar-refractivity contribution in [2.75, 3.05) is 24.5 Å². The summed E-state index contributed by atoms with van der Waals surface area (Å²) in [6.07, 6.45) is -0.596. The Morgan fingerprint density at radius 1 is 1.21 bits per heavy atom. The summed E-state index contributed by atoms with van der Waals surface area (Å²) in [5.74, 6) is -2.46. The van der Waals surface area contributed by atoms with Crippen LogP contribution in [0.3, 0.4) is 0 Å². The van der Waals surface area contributed by atoms with Gasteiger partial charge in [-0.3, -0.25) is 9.69 Å². The third-order valence-electron chi connectivity index (χ3n) is 3.31. The Labute approximate surface area is 138 Å². The van der Waals surface area contributed by atoms with Crippen molar-refractivity contribution < 1.29 is 28.6 Å². The minimum Gasteiger partial charge on any atom is -0.478 e. The number of hydrogen-bond donors (Lipinski definition) is 1. The van der Waals surface area contributed by atoms with Crippen LogP contribution in [0, 0.1) is 5.82 Å². The minimum absolute atomic E-state index is 0.126. The van der Waals surface area contributed by atoms with E-state index in [4.69, 9.17) is 9.84 Å². The van der Waals surface area contributed by atoms with E-state index >= 15 is 0 Å². The summed E-state index contributed by atoms with van der Waals surface area (Å²) >= 11 is 0. The number of halogens is 1. The Bertz CT molecular complexity index is 684. The average molecular weight is 338 g/mol. The van der Waals surface area contributed by atoms with Crippen molar-refractivity contribution in [2.45, 2.75) is 26.4 Å². The molecular weight excluding hydrogens is 319 g/mol. The Kier molecular flexibility index (Phi) is 4.77. The minimum atomic E-state index is -1.28. The molecule has 0 saturated carbocycles. The van der Waals surface area contributed by atoms with Crippen LogP contribution in [0.1, 0.15) is 31.1 Å². The van der Waals surface area contributed by atoms with Crippen LogP contribution in [0.5, 0.6) is 0 Å². The maximum atomic E-state index is 13.6. The van der Waals surface area contributed by atoms with E-state index in [1.165, 1.54) is 15.9 Å². The third kappa shape index (κ3) is 4.21. The largest absolute Gasteiger partial charge is 0.478 e. The summed E-state index contributed by atoms with van der Waals surface area (Å²) in [6, 6.07) is 3.20. The van der Waals surface area contributed by atoms with E-state index in [2.05, 4.69) is 0 Å². The Hall–Kier alpha value is -2.64. The zero-order valence-electron chi connectivity index (χ0n) is 13.7. The standard InChI is InChI=1S/C16H19FN2O5/c1-16(2,3)24-15(23)18-4-5-19(13(20)9-18)12-7-10(14(21)22)6-11(17)8-12/h6-8H,4-5,9H2,1-3H3,(H,21,22). The number of carbonyl (C=O) groups excluding carboxylic acids is 2. The summed E-state index contributed by atoms with van der Waals surface area (Å²) in [5.41, 5.74) is -0.760. The Morgan fingerprint density at radius 3 is 2.42 bits per heavy atom. The number of ether oxygens (including phenoxy) is 1. The zero-order chi connectivity index (χ0) is 18.1. The van der Waals surface area contributed by atoms with Crippen LogP contribution in [-0.2, 0) is 9.53 Å². The molecule has 0 aromatic heterocycles. The topological polar surface area (TPSA) is 87.2 Å². The van der Waals surface area contributed by atoms with Crippen molar-refractivity contribution in [1.29, 1.82) is 0 Å². The number of piperazine rings is 1. The van der Waals surface area contributed by atoms with Crippen molar-refractivity contribution >= 4 is 23.7 Å². The number of rotatable bonds is 2. The Morgan fingerprint density at radius 2 is 1.88 bits per heavy atom. The van der Waals surface area contributed by atoms with Crippen LogP contribution in [-0.4, -0.2) is 53.2 Å². The van der Waals surface area contributed by atoms with E-state index in [9.17, 15) is 18.8 Å². The Balaban J connectivity index is 2.13. The first kappa shape index (κ1) is 17.7. The number of amides is 2. The molecule has 1 aromatic rings. The maximum absolute atomic E-state index is 13.6. The van der Waals surface area contributed by atoms with E-state index in [0.717, 1.165) is 12.1 Å². The molecule has 2 rings (SSSR count). The molecule has 1 aromatic carbocycles. The fourth-order valence-corrected chi connectivity index (χ4v) is 2.28. The smallest absolute Gasteiger partial charge is 0.410 e. The number of nitrogens with zero attached hydrogens (tertiary/aromatic N) is 2. The van der Waals surface area contributed by atoms with Crippen LogP contribution >= 0.6 is 0 Å². The van der Waals surface area contributed by atoms with Gasteiger partial charge >= 0.3 is 12.1 Å². The highest BCUT2D eigenvalue weighted by Crippen LogP contribution is 2.22. The first-order valence-electron chi connectivity index (χ1n) is 7.39. The van der Waals surface area contributed by atoms with Gasteiger partial charge in [0, 0.05) is 18.8 Å². The van der Waals surface area contributed by atoms with Gasteiger partial charge < -0.3 is 14.7 Å². The van der Waals surface area contributed by atoms with Gasteiger partial charge in [0.05, 0.1) is 5.56 Å². The van der Waals surface area contributed by atoms with Crippen LogP contribution in [0.25, 0.3) is 0 Å². The van der Waals surface area contributed by atoms with Crippen LogP contribution in [0.15, 0.2) is 18.2 Å². The maximum Gasteiger partial charge on any atom is 0.410 e. The molecule has 7 nitrogen and oxygen atoms in total. The summed E-state index contributed by atoms with van der Waals surface area (Å²) in [6.45, 7) is 5.30. The SMILES string of the molecule is CC(C)(C)OC(=O)N1CCN(c2cc(F)cc(C(=O)O)c2)C(=O)C1. The summed E-state index contributed by atoms with van der Waals surface area (Å²) in [4.78, 5) is 37.8. The quantitative estimate of drug-likeness (QED) is 0.892. The predicted molar refractivity (Wildman–Crippen MR) is 83.5 cm³/mol. The lowest BCUT2D eigenvalue weighted by molar-refractivity contribution is -0.121. The summed E-state index contributed by atoms with van der Waals surface area (Å²) in [5, 5.41) is 8.98. The number of hydrogen-bond acceptors (Lipinski definition) is 4. The highest BCUT2D eigenvalue weighted by atomic mass is 19.1. The summed E-state index contributed by atoms with van der Waals surface area (Å²) < 4.78 is 18.8. The molecular formula is C16H19FN2O5. The number of carboxylic acid groups (broad SMARTS) is 1. The molecule has 0 atom stereocenters. The first-order chi connectivity index (χ1) is 11.1. The van der Waals surface area contributed by atoms with Crippen molar-refractivity contribution in [1.82, 2.24) is 4.90 Å². The lowest BCUT2D eigenvalue weighted by Gasteiger charge is -2.35. The molecule has 1 aliphatic heterocycles. The number of aromatic carboxylic acids is 1. The molecule has 0 spiro atoms. The van der Waals surface area contributed by atoms with Crippen LogP contribution < -0.4 is 4.90 Å². The van der Waals surface area contributed by atoms with Gasteiger partial charge in [-0.15, -0.1) is 0 Å². The highest BCUT2D eigenvalue weighted by molar-refractivity contribution is 5.98. The van der Waals surface area contributed by atoms with Gasteiger partial charge in [0.2, 0.25) is 5.91 Å². The molecule has 1 fully saturated rings. The second-order valence-electron chi connectivity index (χ2n) is 6.45. The molecule has 130 valence electrons. The molecule has 1 saturated heterocycles. The molecule has 0 aliphatic carbocycles. The van der Waals surface area contributed by atoms with Gasteiger partial charge in [0.25, 0.3) is 0 Å². The normalized spacial score (nSPS) is 15.4. The number of benzene rings is 1. The second-order valence-corrected chi connectivity index (χ2v) is 6.45. The molecule has 1 N–H and O–H groups in total. The van der Waals surface area contributed by atoms with Gasteiger partial charge in [0.15, 0.2) is 0 Å². The number of carbonyl (C=O) groups is 3. The number of anilines is 1. The van der Waals surface area contributed by atoms with Gasteiger partial charge in [-0.05, 0) is 39.0 Å². The summed E-state index contributed by atoms with van der Waals surface area (Å²) in [7, 11) is 0. The van der Waals surface area contributed by atoms with E-state index in [-0.39, 0.29) is 30.9 Å². The van der Waals surface area contributed by atoms with Crippen molar-refractivity contribution in [3.63, 3.8) is 0 Å². The van der Waals surface area contributed by atoms with E-state index < -0.39 is 29.4 Å². The van der Waals surface area contributed by atoms with Crippen molar-refractivity contribution in [2.24, 2.45) is 0 Å². The van der Waals surface area contributed by atoms with Crippen molar-refractivity contribution in [3.8, 4) is 0 Å². The van der Waals surface area contributed by atoms with E-state index in [0.29, 0.717) is 0 Å². The van der Waals surface area contributed by atoms with Gasteiger partial charge in [-0.1, -0.05) is 0 Å². The third-order valence-corrected chi connectivity index (χ3v) is 3.31. The van der Waals surface area contributed by atoms with Crippen LogP contribution in [0.2, 0.25) is 0 Å². The van der Waals surface area contributed by atoms with Gasteiger partial charge in [0.1, 0.15) is 18.0 Å². The van der Waals surface area contributed by atoms with Gasteiger partial charge in [-0.2, -0.15) is 0 Å².